The van der Waals surface area contributed by atoms with Gasteiger partial charge in [0.2, 0.25) is 5.91 Å². The highest BCUT2D eigenvalue weighted by molar-refractivity contribution is 6.30. The third-order valence-electron chi connectivity index (χ3n) is 7.24. The fourth-order valence-corrected chi connectivity index (χ4v) is 4.97. The van der Waals surface area contributed by atoms with E-state index in [1.165, 1.54) is 0 Å². The second-order valence-corrected chi connectivity index (χ2v) is 10.2. The van der Waals surface area contributed by atoms with Crippen LogP contribution in [-0.2, 0) is 15.1 Å². The number of nitrogens with zero attached hydrogens (tertiary/aromatic N) is 2. The number of carbonyl (C=O) groups excluding carboxylic acids is 1. The molecule has 0 N–H and O–H groups in total. The molecule has 1 aliphatic heterocycles. The smallest absolute Gasteiger partial charge is 0.246 e. The van der Waals surface area contributed by atoms with Gasteiger partial charge in [0.1, 0.15) is 5.60 Å². The second-order valence-electron chi connectivity index (χ2n) is 9.72. The van der Waals surface area contributed by atoms with Crippen molar-refractivity contribution in [3.63, 3.8) is 0 Å². The van der Waals surface area contributed by atoms with Crippen LogP contribution in [0, 0.1) is 0 Å². The monoisotopic (exact) mass is 548 g/mol. The van der Waals surface area contributed by atoms with Crippen LogP contribution in [0.5, 0.6) is 11.5 Å². The van der Waals surface area contributed by atoms with E-state index < -0.39 is 5.60 Å². The van der Waals surface area contributed by atoms with Crippen molar-refractivity contribution in [1.82, 2.24) is 9.80 Å². The highest BCUT2D eigenvalue weighted by Gasteiger charge is 2.30. The molecule has 0 aliphatic carbocycles. The number of methoxy groups -OCH3 is 2. The van der Waals surface area contributed by atoms with Gasteiger partial charge in [-0.25, -0.2) is 0 Å². The minimum Gasteiger partial charge on any atom is -0.493 e. The molecule has 1 atom stereocenters. The summed E-state index contributed by atoms with van der Waals surface area (Å²) >= 11 is 6.13. The van der Waals surface area contributed by atoms with Crippen LogP contribution in [0.15, 0.2) is 78.9 Å². The predicted molar refractivity (Wildman–Crippen MR) is 157 cm³/mol. The molecule has 1 aliphatic rings. The number of hydrogen-bond donors (Lipinski definition) is 0. The summed E-state index contributed by atoms with van der Waals surface area (Å²) in [6, 6.07) is 23.8. The van der Waals surface area contributed by atoms with Gasteiger partial charge in [-0.05, 0) is 60.4 Å². The van der Waals surface area contributed by atoms with E-state index in [1.807, 2.05) is 71.6 Å². The molecule has 3 aromatic rings. The van der Waals surface area contributed by atoms with Crippen molar-refractivity contribution in [2.75, 3.05) is 53.6 Å². The highest BCUT2D eigenvalue weighted by atomic mass is 35.5. The van der Waals surface area contributed by atoms with Gasteiger partial charge in [-0.3, -0.25) is 9.69 Å². The first-order valence-electron chi connectivity index (χ1n) is 13.3. The number of hydrogen-bond acceptors (Lipinski definition) is 5. The van der Waals surface area contributed by atoms with Crippen molar-refractivity contribution >= 4 is 23.6 Å². The number of amides is 1. The quantitative estimate of drug-likeness (QED) is 0.221. The fourth-order valence-electron chi connectivity index (χ4n) is 4.84. The zero-order valence-electron chi connectivity index (χ0n) is 22.9. The number of carbonyl (C=O) groups is 1. The Morgan fingerprint density at radius 3 is 2.23 bits per heavy atom. The molecule has 206 valence electrons. The lowest BCUT2D eigenvalue weighted by Crippen LogP contribution is -2.48. The third kappa shape index (κ3) is 7.41. The summed E-state index contributed by atoms with van der Waals surface area (Å²) in [7, 11) is 3.20. The lowest BCUT2D eigenvalue weighted by atomic mass is 9.88. The largest absolute Gasteiger partial charge is 0.493 e. The molecule has 0 radical (unpaired) electrons. The minimum absolute atomic E-state index is 0.0226. The molecule has 4 rings (SSSR count). The van der Waals surface area contributed by atoms with Crippen LogP contribution in [0.4, 0.5) is 0 Å². The number of piperazine rings is 1. The maximum absolute atomic E-state index is 12.8. The van der Waals surface area contributed by atoms with Gasteiger partial charge in [-0.15, -0.1) is 0 Å². The maximum Gasteiger partial charge on any atom is 0.246 e. The minimum atomic E-state index is -0.558. The van der Waals surface area contributed by atoms with Gasteiger partial charge in [-0.1, -0.05) is 60.1 Å². The summed E-state index contributed by atoms with van der Waals surface area (Å²) in [6.45, 7) is 6.79. The first-order valence-corrected chi connectivity index (χ1v) is 13.7. The molecule has 0 saturated carbocycles. The molecule has 1 fully saturated rings. The van der Waals surface area contributed by atoms with E-state index in [4.69, 9.17) is 25.8 Å². The van der Waals surface area contributed by atoms with Crippen LogP contribution < -0.4 is 9.47 Å². The average Bonchev–Trinajstić information content (AvgIpc) is 2.98. The van der Waals surface area contributed by atoms with Crippen molar-refractivity contribution in [1.29, 1.82) is 0 Å². The molecule has 1 saturated heterocycles. The van der Waals surface area contributed by atoms with Gasteiger partial charge in [-0.2, -0.15) is 0 Å². The molecule has 0 bridgehead atoms. The normalized spacial score (nSPS) is 15.7. The van der Waals surface area contributed by atoms with Crippen LogP contribution in [0.1, 0.15) is 30.0 Å². The average molecular weight is 549 g/mol. The summed E-state index contributed by atoms with van der Waals surface area (Å²) in [4.78, 5) is 17.0. The van der Waals surface area contributed by atoms with Gasteiger partial charge < -0.3 is 19.1 Å². The third-order valence-corrected chi connectivity index (χ3v) is 7.49. The molecule has 39 heavy (non-hydrogen) atoms. The first kappa shape index (κ1) is 28.7. The van der Waals surface area contributed by atoms with Gasteiger partial charge in [0.25, 0.3) is 0 Å². The van der Waals surface area contributed by atoms with E-state index in [1.54, 1.807) is 20.3 Å². The van der Waals surface area contributed by atoms with Crippen molar-refractivity contribution in [2.24, 2.45) is 0 Å². The van der Waals surface area contributed by atoms with Crippen molar-refractivity contribution in [3.8, 4) is 11.5 Å². The van der Waals surface area contributed by atoms with Crippen molar-refractivity contribution in [3.05, 3.63) is 101 Å². The Hall–Kier alpha value is -3.32. The maximum atomic E-state index is 12.8. The summed E-state index contributed by atoms with van der Waals surface area (Å²) in [5.74, 6) is 1.33. The second kappa shape index (κ2) is 13.7. The Kier molecular flexibility index (Phi) is 10.0. The van der Waals surface area contributed by atoms with Crippen LogP contribution >= 0.6 is 11.6 Å². The predicted octanol–water partition coefficient (Wildman–Crippen LogP) is 5.89. The van der Waals surface area contributed by atoms with E-state index in [0.717, 1.165) is 42.7 Å². The number of rotatable bonds is 11. The lowest BCUT2D eigenvalue weighted by molar-refractivity contribution is -0.127. The van der Waals surface area contributed by atoms with Gasteiger partial charge in [0.15, 0.2) is 11.5 Å². The molecule has 3 aromatic carbocycles. The van der Waals surface area contributed by atoms with Crippen LogP contribution in [0.3, 0.4) is 0 Å². The van der Waals surface area contributed by atoms with Crippen molar-refractivity contribution in [2.45, 2.75) is 18.9 Å². The molecule has 6 nitrogen and oxygen atoms in total. The zero-order valence-corrected chi connectivity index (χ0v) is 23.7. The molecule has 1 heterocycles. The van der Waals surface area contributed by atoms with E-state index in [2.05, 4.69) is 24.0 Å². The number of halogens is 1. The van der Waals surface area contributed by atoms with Gasteiger partial charge in [0.05, 0.1) is 14.2 Å². The molecular formula is C32H37ClN2O4. The standard InChI is InChI=1S/C32H37ClN2O4/c1-32(26-8-5-4-6-9-26,27-12-14-28(33)15-13-27)39-23-7-18-34-19-21-35(22-20-34)31(36)17-11-25-10-16-29(37-2)30(24-25)38-3/h4-6,8-17,24H,7,18-23H2,1-3H3. The topological polar surface area (TPSA) is 51.2 Å². The highest BCUT2D eigenvalue weighted by Crippen LogP contribution is 2.34. The molecule has 0 spiro atoms. The van der Waals surface area contributed by atoms with Gasteiger partial charge in [0, 0.05) is 50.4 Å². The summed E-state index contributed by atoms with van der Waals surface area (Å²) in [6.07, 6.45) is 4.35. The molecule has 1 unspecified atom stereocenters. The Morgan fingerprint density at radius 1 is 0.897 bits per heavy atom. The summed E-state index contributed by atoms with van der Waals surface area (Å²) < 4.78 is 17.2. The van der Waals surface area contributed by atoms with Crippen molar-refractivity contribution < 1.29 is 19.0 Å². The Morgan fingerprint density at radius 2 is 1.56 bits per heavy atom. The Labute approximate surface area is 236 Å². The van der Waals surface area contributed by atoms with Crippen LogP contribution in [0.2, 0.25) is 5.02 Å². The fraction of sp³-hybridized carbons (Fsp3) is 0.344. The SMILES string of the molecule is COc1ccc(C=CC(=O)N2CCN(CCCOC(C)(c3ccccc3)c3ccc(Cl)cc3)CC2)cc1OC. The summed E-state index contributed by atoms with van der Waals surface area (Å²) in [5, 5.41) is 0.711. The molecular weight excluding hydrogens is 512 g/mol. The van der Waals surface area contributed by atoms with E-state index in [9.17, 15) is 4.79 Å². The Balaban J connectivity index is 1.25. The molecule has 7 heteroatoms. The molecule has 1 amide bonds. The van der Waals surface area contributed by atoms with E-state index in [-0.39, 0.29) is 5.91 Å². The van der Waals surface area contributed by atoms with E-state index in [0.29, 0.717) is 36.2 Å². The van der Waals surface area contributed by atoms with Gasteiger partial charge >= 0.3 is 0 Å². The molecule has 0 aromatic heterocycles. The number of ether oxygens (including phenoxy) is 3. The lowest BCUT2D eigenvalue weighted by Gasteiger charge is -2.35. The zero-order chi connectivity index (χ0) is 27.7. The van der Waals surface area contributed by atoms with Crippen LogP contribution in [-0.4, -0.2) is 69.3 Å². The van der Waals surface area contributed by atoms with E-state index >= 15 is 0 Å². The van der Waals surface area contributed by atoms with Crippen LogP contribution in [0.25, 0.3) is 6.08 Å². The first-order chi connectivity index (χ1) is 18.9. The summed E-state index contributed by atoms with van der Waals surface area (Å²) in [5.41, 5.74) is 2.52. The Bertz CT molecular complexity index is 1240. The number of benzene rings is 3.